The average Bonchev–Trinajstić information content (AvgIpc) is 2.56. The van der Waals surface area contributed by atoms with Gasteiger partial charge in [0.15, 0.2) is 5.11 Å². The van der Waals surface area contributed by atoms with Crippen molar-refractivity contribution in [1.82, 2.24) is 15.5 Å². The highest BCUT2D eigenvalue weighted by Gasteiger charge is 2.34. The van der Waals surface area contributed by atoms with Crippen LogP contribution in [0, 0.1) is 6.92 Å². The summed E-state index contributed by atoms with van der Waals surface area (Å²) in [7, 11) is 0. The molecular formula is C18H23N3O4S. The van der Waals surface area contributed by atoms with Gasteiger partial charge < -0.3 is 15.0 Å². The number of nitrogens with one attached hydrogen (secondary N) is 2. The number of esters is 1. The largest absolute Gasteiger partial charge is 0.463 e. The second-order valence-corrected chi connectivity index (χ2v) is 6.70. The predicted octanol–water partition coefficient (Wildman–Crippen LogP) is 1.15. The maximum absolute atomic E-state index is 12.5. The number of benzene rings is 1. The molecule has 0 bridgehead atoms. The highest BCUT2D eigenvalue weighted by Crippen LogP contribution is 2.12. The Bertz CT molecular complexity index is 720. The fourth-order valence-corrected chi connectivity index (χ4v) is 3.00. The summed E-state index contributed by atoms with van der Waals surface area (Å²) in [5.41, 5.74) is 1.33. The van der Waals surface area contributed by atoms with E-state index in [1.807, 2.05) is 19.1 Å². The zero-order valence-corrected chi connectivity index (χ0v) is 15.9. The molecule has 2 amide bonds. The van der Waals surface area contributed by atoms with Crippen LogP contribution >= 0.6 is 12.2 Å². The van der Waals surface area contributed by atoms with E-state index in [2.05, 4.69) is 10.6 Å². The van der Waals surface area contributed by atoms with Gasteiger partial charge in [-0.25, -0.2) is 0 Å². The van der Waals surface area contributed by atoms with Crippen LogP contribution in [0.4, 0.5) is 0 Å². The van der Waals surface area contributed by atoms with Crippen molar-refractivity contribution in [2.45, 2.75) is 39.3 Å². The van der Waals surface area contributed by atoms with Gasteiger partial charge >= 0.3 is 5.97 Å². The third-order valence-corrected chi connectivity index (χ3v) is 4.27. The molecule has 1 aromatic rings. The molecule has 1 aliphatic rings. The molecule has 2 rings (SSSR count). The third kappa shape index (κ3) is 5.01. The maximum Gasteiger partial charge on any atom is 0.308 e. The van der Waals surface area contributed by atoms with E-state index in [9.17, 15) is 14.4 Å². The lowest BCUT2D eigenvalue weighted by Gasteiger charge is -2.36. The molecule has 1 saturated heterocycles. The molecule has 1 aromatic carbocycles. The number of ether oxygens (including phenoxy) is 1. The molecule has 0 spiro atoms. The van der Waals surface area contributed by atoms with Gasteiger partial charge in [-0.15, -0.1) is 0 Å². The Balaban J connectivity index is 2.09. The molecule has 1 fully saturated rings. The number of nitrogens with zero attached hydrogens (tertiary/aromatic N) is 1. The molecular weight excluding hydrogens is 354 g/mol. The Morgan fingerprint density at radius 2 is 2.08 bits per heavy atom. The van der Waals surface area contributed by atoms with Gasteiger partial charge in [0.25, 0.3) is 5.91 Å². The Morgan fingerprint density at radius 1 is 1.38 bits per heavy atom. The molecule has 2 N–H and O–H groups in total. The first-order valence-corrected chi connectivity index (χ1v) is 8.85. The van der Waals surface area contributed by atoms with Gasteiger partial charge in [-0.3, -0.25) is 19.7 Å². The van der Waals surface area contributed by atoms with Gasteiger partial charge in [0.05, 0.1) is 12.5 Å². The van der Waals surface area contributed by atoms with E-state index in [1.165, 1.54) is 0 Å². The maximum atomic E-state index is 12.5. The van der Waals surface area contributed by atoms with E-state index < -0.39 is 12.0 Å². The van der Waals surface area contributed by atoms with Gasteiger partial charge in [0.2, 0.25) is 5.91 Å². The van der Waals surface area contributed by atoms with Crippen LogP contribution in [0.1, 0.15) is 36.2 Å². The van der Waals surface area contributed by atoms with Crippen LogP contribution in [0.3, 0.4) is 0 Å². The number of amides is 2. The van der Waals surface area contributed by atoms with Gasteiger partial charge in [-0.05, 0) is 44.6 Å². The minimum atomic E-state index is -0.806. The van der Waals surface area contributed by atoms with Crippen LogP contribution in [0.2, 0.25) is 0 Å². The molecule has 1 aliphatic heterocycles. The molecule has 1 atom stereocenters. The van der Waals surface area contributed by atoms with Gasteiger partial charge in [0.1, 0.15) is 6.04 Å². The van der Waals surface area contributed by atoms with Crippen molar-refractivity contribution >= 4 is 35.1 Å². The average molecular weight is 377 g/mol. The standard InChI is InChI=1S/C18H23N3O4S/c1-11(2)25-15(22)10-14-17(24)19-8-9-21(14)18(26)20-16(23)13-7-5-4-6-12(13)3/h4-7,11,14H,8-10H2,1-3H3,(H,19,24)(H,20,23,26)/t14-/m0/s1. The van der Waals surface area contributed by atoms with Crippen molar-refractivity contribution in [3.8, 4) is 0 Å². The number of aryl methyl sites for hydroxylation is 1. The lowest BCUT2D eigenvalue weighted by Crippen LogP contribution is -2.60. The van der Waals surface area contributed by atoms with E-state index in [0.29, 0.717) is 18.7 Å². The van der Waals surface area contributed by atoms with Crippen LogP contribution in [0.15, 0.2) is 24.3 Å². The summed E-state index contributed by atoms with van der Waals surface area (Å²) in [6.45, 7) is 6.09. The SMILES string of the molecule is Cc1ccccc1C(=O)NC(=S)N1CCNC(=O)[C@@H]1CC(=O)OC(C)C. The summed E-state index contributed by atoms with van der Waals surface area (Å²) in [6, 6.07) is 6.34. The summed E-state index contributed by atoms with van der Waals surface area (Å²) >= 11 is 5.33. The molecule has 0 unspecified atom stereocenters. The second kappa shape index (κ2) is 8.75. The molecule has 0 saturated carbocycles. The van der Waals surface area contributed by atoms with Crippen molar-refractivity contribution in [1.29, 1.82) is 0 Å². The van der Waals surface area contributed by atoms with E-state index >= 15 is 0 Å². The number of carbonyl (C=O) groups excluding carboxylic acids is 3. The van der Waals surface area contributed by atoms with Crippen LogP contribution in [-0.4, -0.2) is 53.0 Å². The minimum Gasteiger partial charge on any atom is -0.463 e. The van der Waals surface area contributed by atoms with E-state index in [1.54, 1.807) is 30.9 Å². The number of piperazine rings is 1. The zero-order valence-electron chi connectivity index (χ0n) is 15.1. The summed E-state index contributed by atoms with van der Waals surface area (Å²) in [5, 5.41) is 5.49. The molecule has 7 nitrogen and oxygen atoms in total. The first-order chi connectivity index (χ1) is 12.3. The van der Waals surface area contributed by atoms with Gasteiger partial charge in [0, 0.05) is 18.7 Å². The minimum absolute atomic E-state index is 0.121. The third-order valence-electron chi connectivity index (χ3n) is 3.93. The number of thiocarbonyl (C=S) groups is 1. The molecule has 0 aliphatic carbocycles. The fraction of sp³-hybridized carbons (Fsp3) is 0.444. The van der Waals surface area contributed by atoms with Crippen LogP contribution in [0.25, 0.3) is 0 Å². The number of rotatable bonds is 4. The highest BCUT2D eigenvalue weighted by molar-refractivity contribution is 7.80. The molecule has 1 heterocycles. The highest BCUT2D eigenvalue weighted by atomic mass is 32.1. The Kier molecular flexibility index (Phi) is 6.68. The van der Waals surface area contributed by atoms with Crippen molar-refractivity contribution in [3.63, 3.8) is 0 Å². The number of carbonyl (C=O) groups is 3. The van der Waals surface area contributed by atoms with Crippen molar-refractivity contribution < 1.29 is 19.1 Å². The van der Waals surface area contributed by atoms with E-state index in [4.69, 9.17) is 17.0 Å². The number of hydrogen-bond donors (Lipinski definition) is 2. The van der Waals surface area contributed by atoms with Crippen molar-refractivity contribution in [2.75, 3.05) is 13.1 Å². The summed E-state index contributed by atoms with van der Waals surface area (Å²) in [6.07, 6.45) is -0.403. The summed E-state index contributed by atoms with van der Waals surface area (Å²) < 4.78 is 5.12. The molecule has 0 aromatic heterocycles. The molecule has 0 radical (unpaired) electrons. The van der Waals surface area contributed by atoms with E-state index in [0.717, 1.165) is 5.56 Å². The number of hydrogen-bond acceptors (Lipinski definition) is 5. The molecule has 140 valence electrons. The van der Waals surface area contributed by atoms with Crippen molar-refractivity contribution in [3.05, 3.63) is 35.4 Å². The topological polar surface area (TPSA) is 87.7 Å². The lowest BCUT2D eigenvalue weighted by atomic mass is 10.1. The second-order valence-electron chi connectivity index (χ2n) is 6.32. The summed E-state index contributed by atoms with van der Waals surface area (Å²) in [5.74, 6) is -1.15. The first kappa shape index (κ1) is 19.8. The normalized spacial score (nSPS) is 16.8. The van der Waals surface area contributed by atoms with Crippen molar-refractivity contribution in [2.24, 2.45) is 0 Å². The smallest absolute Gasteiger partial charge is 0.308 e. The van der Waals surface area contributed by atoms with E-state index in [-0.39, 0.29) is 29.5 Å². The predicted molar refractivity (Wildman–Crippen MR) is 101 cm³/mol. The quantitative estimate of drug-likeness (QED) is 0.605. The lowest BCUT2D eigenvalue weighted by molar-refractivity contribution is -0.150. The van der Waals surface area contributed by atoms with Gasteiger partial charge in [-0.2, -0.15) is 0 Å². The van der Waals surface area contributed by atoms with Crippen LogP contribution in [-0.2, 0) is 14.3 Å². The Morgan fingerprint density at radius 3 is 2.73 bits per heavy atom. The Labute approximate surface area is 158 Å². The molecule has 8 heteroatoms. The van der Waals surface area contributed by atoms with Crippen LogP contribution < -0.4 is 10.6 Å². The fourth-order valence-electron chi connectivity index (χ4n) is 2.69. The first-order valence-electron chi connectivity index (χ1n) is 8.44. The monoisotopic (exact) mass is 377 g/mol. The summed E-state index contributed by atoms with van der Waals surface area (Å²) in [4.78, 5) is 38.2. The zero-order chi connectivity index (χ0) is 19.3. The van der Waals surface area contributed by atoms with Crippen LogP contribution in [0.5, 0.6) is 0 Å². The Hall–Kier alpha value is -2.48. The molecule has 26 heavy (non-hydrogen) atoms. The van der Waals surface area contributed by atoms with Gasteiger partial charge in [-0.1, -0.05) is 18.2 Å².